The van der Waals surface area contributed by atoms with Gasteiger partial charge in [-0.2, -0.15) is 0 Å². The Labute approximate surface area is 107 Å². The summed E-state index contributed by atoms with van der Waals surface area (Å²) in [4.78, 5) is 15.2. The smallest absolute Gasteiger partial charge is 0.356 e. The van der Waals surface area contributed by atoms with E-state index < -0.39 is 11.6 Å². The third-order valence-electron chi connectivity index (χ3n) is 3.09. The number of nitrogens with zero attached hydrogens (tertiary/aromatic N) is 1. The number of ether oxygens (including phenoxy) is 1. The van der Waals surface area contributed by atoms with E-state index in [1.807, 2.05) is 13.8 Å². The number of methoxy groups -OCH3 is 1. The van der Waals surface area contributed by atoms with E-state index in [0.717, 1.165) is 5.69 Å². The molecule has 0 bridgehead atoms. The molecule has 2 N–H and O–H groups in total. The molecule has 5 heteroatoms. The maximum atomic E-state index is 11.3. The number of nitrogens with one attached hydrogen (secondary N) is 1. The molecule has 18 heavy (non-hydrogen) atoms. The lowest BCUT2D eigenvalue weighted by atomic mass is 9.97. The predicted octanol–water partition coefficient (Wildman–Crippen LogP) is 1.83. The minimum absolute atomic E-state index is 0.249. The van der Waals surface area contributed by atoms with Crippen LogP contribution in [0, 0.1) is 0 Å². The molecule has 0 fully saturated rings. The summed E-state index contributed by atoms with van der Waals surface area (Å²) in [5.74, 6) is -0.472. The van der Waals surface area contributed by atoms with Gasteiger partial charge >= 0.3 is 5.97 Å². The van der Waals surface area contributed by atoms with Crippen molar-refractivity contribution in [2.24, 2.45) is 0 Å². The summed E-state index contributed by atoms with van der Waals surface area (Å²) < 4.78 is 4.60. The van der Waals surface area contributed by atoms with E-state index in [2.05, 4.69) is 15.0 Å². The summed E-state index contributed by atoms with van der Waals surface area (Å²) in [6, 6.07) is 3.36. The Morgan fingerprint density at radius 1 is 1.50 bits per heavy atom. The van der Waals surface area contributed by atoms with Crippen LogP contribution in [0.5, 0.6) is 0 Å². The van der Waals surface area contributed by atoms with E-state index in [1.165, 1.54) is 13.3 Å². The Bertz CT molecular complexity index is 403. The Morgan fingerprint density at radius 3 is 2.72 bits per heavy atom. The summed E-state index contributed by atoms with van der Waals surface area (Å²) in [6.45, 7) is 4.32. The first-order valence-electron chi connectivity index (χ1n) is 6.05. The Hall–Kier alpha value is -1.62. The number of aromatic nitrogens is 1. The van der Waals surface area contributed by atoms with Gasteiger partial charge in [-0.25, -0.2) is 9.78 Å². The highest BCUT2D eigenvalue weighted by molar-refractivity contribution is 5.88. The van der Waals surface area contributed by atoms with E-state index in [-0.39, 0.29) is 5.69 Å². The highest BCUT2D eigenvalue weighted by Crippen LogP contribution is 2.16. The molecule has 0 aliphatic rings. The molecule has 0 aromatic carbocycles. The monoisotopic (exact) mass is 252 g/mol. The third-order valence-corrected chi connectivity index (χ3v) is 3.09. The first-order chi connectivity index (χ1) is 8.54. The van der Waals surface area contributed by atoms with Crippen LogP contribution in [0.3, 0.4) is 0 Å². The van der Waals surface area contributed by atoms with Crippen LogP contribution in [0.15, 0.2) is 18.3 Å². The van der Waals surface area contributed by atoms with Crippen molar-refractivity contribution in [3.05, 3.63) is 24.0 Å². The molecule has 5 nitrogen and oxygen atoms in total. The molecular weight excluding hydrogens is 232 g/mol. The lowest BCUT2D eigenvalue weighted by Gasteiger charge is -2.25. The number of rotatable bonds is 6. The van der Waals surface area contributed by atoms with Crippen molar-refractivity contribution in [3.8, 4) is 0 Å². The van der Waals surface area contributed by atoms with Gasteiger partial charge in [0.2, 0.25) is 0 Å². The van der Waals surface area contributed by atoms with Gasteiger partial charge in [-0.3, -0.25) is 0 Å². The lowest BCUT2D eigenvalue weighted by molar-refractivity contribution is 0.0457. The molecule has 0 saturated heterocycles. The van der Waals surface area contributed by atoms with Crippen LogP contribution in [-0.2, 0) is 4.74 Å². The van der Waals surface area contributed by atoms with Crippen LogP contribution in [0.1, 0.15) is 37.2 Å². The average molecular weight is 252 g/mol. The fourth-order valence-electron chi connectivity index (χ4n) is 1.52. The number of carbonyl (C=O) groups excluding carboxylic acids is 1. The van der Waals surface area contributed by atoms with Gasteiger partial charge in [0.15, 0.2) is 0 Å². The number of pyridine rings is 1. The largest absolute Gasteiger partial charge is 0.464 e. The first kappa shape index (κ1) is 14.4. The normalized spacial score (nSPS) is 11.1. The molecular formula is C13H20N2O3. The Balaban J connectivity index is 2.71. The molecule has 1 heterocycles. The quantitative estimate of drug-likeness (QED) is 0.756. The standard InChI is InChI=1S/C13H20N2O3/c1-4-13(17,5-2)9-15-10-6-7-14-11(8-10)12(16)18-3/h6-8,17H,4-5,9H2,1-3H3,(H,14,15). The van der Waals surface area contributed by atoms with Crippen LogP contribution in [0.4, 0.5) is 5.69 Å². The number of esters is 1. The maximum Gasteiger partial charge on any atom is 0.356 e. The van der Waals surface area contributed by atoms with Gasteiger partial charge in [-0.15, -0.1) is 0 Å². The Kier molecular flexibility index (Phi) is 5.09. The number of hydrogen-bond donors (Lipinski definition) is 2. The molecule has 0 aliphatic heterocycles. The van der Waals surface area contributed by atoms with Gasteiger partial charge in [0, 0.05) is 18.4 Å². The summed E-state index contributed by atoms with van der Waals surface area (Å²) in [7, 11) is 1.32. The van der Waals surface area contributed by atoms with Crippen molar-refractivity contribution in [1.82, 2.24) is 4.98 Å². The van der Waals surface area contributed by atoms with Crippen molar-refractivity contribution in [3.63, 3.8) is 0 Å². The van der Waals surface area contributed by atoms with E-state index in [1.54, 1.807) is 12.1 Å². The molecule has 0 amide bonds. The highest BCUT2D eigenvalue weighted by Gasteiger charge is 2.21. The minimum atomic E-state index is -0.727. The van der Waals surface area contributed by atoms with Crippen molar-refractivity contribution in [2.45, 2.75) is 32.3 Å². The van der Waals surface area contributed by atoms with E-state index in [0.29, 0.717) is 19.4 Å². The molecule has 1 aromatic heterocycles. The van der Waals surface area contributed by atoms with Crippen LogP contribution < -0.4 is 5.32 Å². The second-order valence-corrected chi connectivity index (χ2v) is 4.21. The molecule has 0 saturated carbocycles. The second-order valence-electron chi connectivity index (χ2n) is 4.21. The maximum absolute atomic E-state index is 11.3. The zero-order chi connectivity index (χ0) is 13.6. The molecule has 0 atom stereocenters. The number of carbonyl (C=O) groups is 1. The predicted molar refractivity (Wildman–Crippen MR) is 69.6 cm³/mol. The summed E-state index contributed by atoms with van der Waals surface area (Å²) in [6.07, 6.45) is 2.88. The second kappa shape index (κ2) is 6.35. The Morgan fingerprint density at radius 2 is 2.17 bits per heavy atom. The lowest BCUT2D eigenvalue weighted by Crippen LogP contribution is -2.35. The van der Waals surface area contributed by atoms with Crippen LogP contribution in [0.2, 0.25) is 0 Å². The van der Waals surface area contributed by atoms with Crippen molar-refractivity contribution in [2.75, 3.05) is 19.0 Å². The number of aliphatic hydroxyl groups is 1. The first-order valence-corrected chi connectivity index (χ1v) is 6.05. The van der Waals surface area contributed by atoms with Gasteiger partial charge in [-0.05, 0) is 25.0 Å². The van der Waals surface area contributed by atoms with Gasteiger partial charge in [-0.1, -0.05) is 13.8 Å². The fraction of sp³-hybridized carbons (Fsp3) is 0.538. The van der Waals surface area contributed by atoms with Crippen LogP contribution in [-0.4, -0.2) is 35.3 Å². The zero-order valence-electron chi connectivity index (χ0n) is 11.1. The van der Waals surface area contributed by atoms with Gasteiger partial charge in [0.05, 0.1) is 12.7 Å². The molecule has 1 aromatic rings. The van der Waals surface area contributed by atoms with Gasteiger partial charge < -0.3 is 15.2 Å². The van der Waals surface area contributed by atoms with Crippen molar-refractivity contribution in [1.29, 1.82) is 0 Å². The minimum Gasteiger partial charge on any atom is -0.464 e. The van der Waals surface area contributed by atoms with Crippen LogP contribution >= 0.6 is 0 Å². The molecule has 1 rings (SSSR count). The zero-order valence-corrected chi connectivity index (χ0v) is 11.1. The van der Waals surface area contributed by atoms with Gasteiger partial charge in [0.1, 0.15) is 5.69 Å². The molecule has 0 spiro atoms. The topological polar surface area (TPSA) is 71.5 Å². The highest BCUT2D eigenvalue weighted by atomic mass is 16.5. The number of anilines is 1. The summed E-state index contributed by atoms with van der Waals surface area (Å²) >= 11 is 0. The van der Waals surface area contributed by atoms with E-state index in [4.69, 9.17) is 0 Å². The fourth-order valence-corrected chi connectivity index (χ4v) is 1.52. The SMILES string of the molecule is CCC(O)(CC)CNc1ccnc(C(=O)OC)c1. The molecule has 0 radical (unpaired) electrons. The summed E-state index contributed by atoms with van der Waals surface area (Å²) in [5.41, 5.74) is 0.263. The van der Waals surface area contributed by atoms with Crippen molar-refractivity contribution < 1.29 is 14.6 Å². The molecule has 0 aliphatic carbocycles. The van der Waals surface area contributed by atoms with Crippen LogP contribution in [0.25, 0.3) is 0 Å². The van der Waals surface area contributed by atoms with Crippen molar-refractivity contribution >= 4 is 11.7 Å². The molecule has 100 valence electrons. The van der Waals surface area contributed by atoms with E-state index in [9.17, 15) is 9.90 Å². The van der Waals surface area contributed by atoms with E-state index >= 15 is 0 Å². The van der Waals surface area contributed by atoms with Gasteiger partial charge in [0.25, 0.3) is 0 Å². The molecule has 0 unspecified atom stereocenters. The third kappa shape index (κ3) is 3.70. The average Bonchev–Trinajstić information content (AvgIpc) is 2.44. The summed E-state index contributed by atoms with van der Waals surface area (Å²) in [5, 5.41) is 13.3. The number of hydrogen-bond acceptors (Lipinski definition) is 5.